The maximum atomic E-state index is 7.15. The molecule has 13 rings (SSSR count). The molecule has 0 unspecified atom stereocenters. The number of fused-ring (bicyclic) bond motifs is 10. The maximum Gasteiger partial charge on any atom is 0.260 e. The second-order valence-electron chi connectivity index (χ2n) is 17.3. The highest BCUT2D eigenvalue weighted by molar-refractivity contribution is 6.98. The lowest BCUT2D eigenvalue weighted by molar-refractivity contribution is 0.465. The Bertz CT molecular complexity index is 3630. The summed E-state index contributed by atoms with van der Waals surface area (Å²) in [5, 5.41) is 7.33. The Morgan fingerprint density at radius 2 is 0.742 bits per heavy atom. The first kappa shape index (κ1) is 38.0. The van der Waals surface area contributed by atoms with Crippen LogP contribution in [-0.2, 0) is 0 Å². The first-order valence-corrected chi connectivity index (χ1v) is 22.6. The standard InChI is InChI=1S/C61H41BN2O2/c1-40-16-15-23-47(34-40)64(45-21-9-4-10-22-45)46-30-28-41(29-31-46)42-35-59-61-60(36-42)66-58-39-54-52-27-14-12-25-50(52)49-24-11-13-26-51(49)53(54)38-56(58)62(61)55-33-32-48(37-57(55)65-59)63(43-17-5-2-6-18-43)44-19-7-3-8-20-44/h2-39H,1H3. The van der Waals surface area contributed by atoms with Crippen molar-refractivity contribution in [3.63, 3.8) is 0 Å². The fourth-order valence-corrected chi connectivity index (χ4v) is 10.4. The third kappa shape index (κ3) is 6.23. The summed E-state index contributed by atoms with van der Waals surface area (Å²) in [5.41, 5.74) is 13.0. The summed E-state index contributed by atoms with van der Waals surface area (Å²) in [6.45, 7) is 2.01. The largest absolute Gasteiger partial charge is 0.458 e. The Labute approximate surface area is 384 Å². The molecule has 0 amide bonds. The van der Waals surface area contributed by atoms with Crippen molar-refractivity contribution in [2.75, 3.05) is 9.80 Å². The van der Waals surface area contributed by atoms with Crippen LogP contribution in [0.3, 0.4) is 0 Å². The fraction of sp³-hybridized carbons (Fsp3) is 0.0164. The molecule has 4 nitrogen and oxygen atoms in total. The monoisotopic (exact) mass is 844 g/mol. The highest BCUT2D eigenvalue weighted by Gasteiger charge is 2.41. The first-order chi connectivity index (χ1) is 32.6. The van der Waals surface area contributed by atoms with Gasteiger partial charge in [0.15, 0.2) is 0 Å². The Morgan fingerprint density at radius 1 is 0.303 bits per heavy atom. The number of ether oxygens (including phenoxy) is 2. The van der Waals surface area contributed by atoms with Gasteiger partial charge in [-0.05, 0) is 152 Å². The molecule has 0 spiro atoms. The van der Waals surface area contributed by atoms with Crippen molar-refractivity contribution in [3.05, 3.63) is 236 Å². The van der Waals surface area contributed by atoms with Crippen molar-refractivity contribution >= 4 is 89.5 Å². The quantitative estimate of drug-likeness (QED) is 0.118. The summed E-state index contributed by atoms with van der Waals surface area (Å²) >= 11 is 0. The number of rotatable bonds is 7. The molecule has 0 saturated carbocycles. The fourth-order valence-electron chi connectivity index (χ4n) is 10.4. The van der Waals surface area contributed by atoms with Gasteiger partial charge in [0.1, 0.15) is 23.0 Å². The lowest BCUT2D eigenvalue weighted by atomic mass is 9.34. The molecule has 5 heteroatoms. The summed E-state index contributed by atoms with van der Waals surface area (Å²) < 4.78 is 14.3. The predicted molar refractivity (Wildman–Crippen MR) is 276 cm³/mol. The van der Waals surface area contributed by atoms with Crippen LogP contribution >= 0.6 is 0 Å². The summed E-state index contributed by atoms with van der Waals surface area (Å²) in [4.78, 5) is 4.60. The minimum atomic E-state index is -0.127. The maximum absolute atomic E-state index is 7.15. The minimum absolute atomic E-state index is 0.127. The Hall–Kier alpha value is -8.54. The van der Waals surface area contributed by atoms with E-state index >= 15 is 0 Å². The number of hydrogen-bond donors (Lipinski definition) is 0. The van der Waals surface area contributed by atoms with Gasteiger partial charge >= 0.3 is 0 Å². The zero-order valence-corrected chi connectivity index (χ0v) is 36.2. The van der Waals surface area contributed by atoms with E-state index in [1.54, 1.807) is 0 Å². The van der Waals surface area contributed by atoms with Gasteiger partial charge in [-0.25, -0.2) is 0 Å². The molecule has 2 aliphatic rings. The van der Waals surface area contributed by atoms with Crippen molar-refractivity contribution in [2.45, 2.75) is 6.92 Å². The average molecular weight is 845 g/mol. The van der Waals surface area contributed by atoms with Gasteiger partial charge in [-0.1, -0.05) is 140 Å². The highest BCUT2D eigenvalue weighted by atomic mass is 16.5. The van der Waals surface area contributed by atoms with Gasteiger partial charge in [0.05, 0.1) is 0 Å². The van der Waals surface area contributed by atoms with Gasteiger partial charge in [0.25, 0.3) is 6.71 Å². The summed E-state index contributed by atoms with van der Waals surface area (Å²) in [5.74, 6) is 3.30. The van der Waals surface area contributed by atoms with Gasteiger partial charge in [-0.3, -0.25) is 0 Å². The second kappa shape index (κ2) is 15.3. The number of para-hydroxylation sites is 3. The molecule has 0 bridgehead atoms. The molecule has 0 N–H and O–H groups in total. The van der Waals surface area contributed by atoms with E-state index in [-0.39, 0.29) is 6.71 Å². The van der Waals surface area contributed by atoms with Crippen molar-refractivity contribution in [1.29, 1.82) is 0 Å². The van der Waals surface area contributed by atoms with E-state index in [9.17, 15) is 0 Å². The Kier molecular flexibility index (Phi) is 8.82. The number of aryl methyl sites for hydroxylation is 1. The van der Waals surface area contributed by atoms with E-state index in [0.29, 0.717) is 0 Å². The van der Waals surface area contributed by atoms with Crippen LogP contribution in [0.25, 0.3) is 43.4 Å². The molecule has 66 heavy (non-hydrogen) atoms. The summed E-state index contributed by atoms with van der Waals surface area (Å²) in [6.07, 6.45) is 0. The van der Waals surface area contributed by atoms with Crippen LogP contribution in [0, 0.1) is 6.92 Å². The molecular formula is C61H41BN2O2. The molecule has 310 valence electrons. The van der Waals surface area contributed by atoms with Gasteiger partial charge in [0, 0.05) is 45.7 Å². The van der Waals surface area contributed by atoms with Crippen LogP contribution in [0.1, 0.15) is 5.56 Å². The lowest BCUT2D eigenvalue weighted by Gasteiger charge is -2.35. The van der Waals surface area contributed by atoms with Gasteiger partial charge < -0.3 is 19.3 Å². The van der Waals surface area contributed by atoms with E-state index in [2.05, 4.69) is 247 Å². The zero-order valence-electron chi connectivity index (χ0n) is 36.2. The van der Waals surface area contributed by atoms with E-state index in [1.807, 2.05) is 0 Å². The number of benzene rings is 11. The third-order valence-electron chi connectivity index (χ3n) is 13.3. The average Bonchev–Trinajstić information content (AvgIpc) is 3.37. The molecule has 0 fully saturated rings. The van der Waals surface area contributed by atoms with E-state index in [1.165, 1.54) is 37.9 Å². The van der Waals surface area contributed by atoms with Crippen LogP contribution < -0.4 is 35.7 Å². The molecule has 11 aromatic carbocycles. The van der Waals surface area contributed by atoms with Gasteiger partial charge in [-0.2, -0.15) is 0 Å². The topological polar surface area (TPSA) is 24.9 Å². The van der Waals surface area contributed by atoms with E-state index in [4.69, 9.17) is 9.47 Å². The zero-order chi connectivity index (χ0) is 43.7. The van der Waals surface area contributed by atoms with E-state index in [0.717, 1.165) is 84.6 Å². The van der Waals surface area contributed by atoms with Crippen LogP contribution in [0.15, 0.2) is 231 Å². The SMILES string of the molecule is Cc1cccc(N(c2ccccc2)c2ccc(-c3cc4c5c(c3)Oc3cc6c7ccccc7c7ccccc7c6cc3B5c3ccc(N(c5ccccc5)c5ccccc5)cc3O4)cc2)c1. The molecular weight excluding hydrogens is 803 g/mol. The second-order valence-corrected chi connectivity index (χ2v) is 17.3. The molecule has 0 atom stereocenters. The summed E-state index contributed by atoms with van der Waals surface area (Å²) in [7, 11) is 0. The van der Waals surface area contributed by atoms with Crippen LogP contribution in [0.5, 0.6) is 23.0 Å². The molecule has 2 heterocycles. The molecule has 0 radical (unpaired) electrons. The first-order valence-electron chi connectivity index (χ1n) is 22.6. The minimum Gasteiger partial charge on any atom is -0.458 e. The number of nitrogens with zero attached hydrogens (tertiary/aromatic N) is 2. The van der Waals surface area contributed by atoms with Crippen molar-refractivity contribution in [1.82, 2.24) is 0 Å². The number of anilines is 6. The highest BCUT2D eigenvalue weighted by Crippen LogP contribution is 2.44. The van der Waals surface area contributed by atoms with Gasteiger partial charge in [-0.15, -0.1) is 0 Å². The number of hydrogen-bond acceptors (Lipinski definition) is 4. The van der Waals surface area contributed by atoms with E-state index < -0.39 is 0 Å². The molecule has 0 saturated heterocycles. The van der Waals surface area contributed by atoms with Crippen LogP contribution in [0.4, 0.5) is 34.1 Å². The van der Waals surface area contributed by atoms with Gasteiger partial charge in [0.2, 0.25) is 0 Å². The normalized spacial score (nSPS) is 12.2. The molecule has 0 aromatic heterocycles. The van der Waals surface area contributed by atoms with Crippen molar-refractivity contribution in [2.24, 2.45) is 0 Å². The Balaban J connectivity index is 0.992. The van der Waals surface area contributed by atoms with Crippen molar-refractivity contribution < 1.29 is 9.47 Å². The smallest absolute Gasteiger partial charge is 0.260 e. The predicted octanol–water partition coefficient (Wildman–Crippen LogP) is 14.8. The third-order valence-corrected chi connectivity index (χ3v) is 13.3. The molecule has 2 aliphatic heterocycles. The molecule has 0 aliphatic carbocycles. The molecule has 11 aromatic rings. The van der Waals surface area contributed by atoms with Crippen LogP contribution in [-0.4, -0.2) is 6.71 Å². The van der Waals surface area contributed by atoms with Crippen molar-refractivity contribution in [3.8, 4) is 34.1 Å². The Morgan fingerprint density at radius 3 is 1.29 bits per heavy atom. The lowest BCUT2D eigenvalue weighted by Crippen LogP contribution is -2.57. The van der Waals surface area contributed by atoms with Crippen LogP contribution in [0.2, 0.25) is 0 Å². The summed E-state index contributed by atoms with van der Waals surface area (Å²) in [6, 6.07) is 82.4.